The van der Waals surface area contributed by atoms with Crippen LogP contribution in [0.15, 0.2) is 0 Å². The van der Waals surface area contributed by atoms with E-state index < -0.39 is 12.0 Å². The lowest BCUT2D eigenvalue weighted by molar-refractivity contribution is -0.158. The van der Waals surface area contributed by atoms with Crippen molar-refractivity contribution in [2.45, 2.75) is 25.9 Å². The standard InChI is InChI=1S/C7H13F2NO.CH4/c1-10-4-3-6(11-2)7(8,9)5-10;/h6H,3-5H2,1-2H3;1H4. The van der Waals surface area contributed by atoms with Crippen LogP contribution in [-0.2, 0) is 4.74 Å². The molecule has 1 fully saturated rings. The Morgan fingerprint density at radius 1 is 1.50 bits per heavy atom. The number of methoxy groups -OCH3 is 1. The summed E-state index contributed by atoms with van der Waals surface area (Å²) in [6, 6.07) is 0. The smallest absolute Gasteiger partial charge is 0.286 e. The van der Waals surface area contributed by atoms with Crippen LogP contribution >= 0.6 is 0 Å². The maximum absolute atomic E-state index is 13.0. The molecule has 1 aliphatic rings. The van der Waals surface area contributed by atoms with Crippen molar-refractivity contribution < 1.29 is 13.5 Å². The van der Waals surface area contributed by atoms with Crippen molar-refractivity contribution >= 4 is 0 Å². The van der Waals surface area contributed by atoms with Gasteiger partial charge in [-0.05, 0) is 13.5 Å². The molecule has 0 aromatic heterocycles. The Balaban J connectivity index is 0.00000121. The molecule has 0 aromatic rings. The molecule has 1 unspecified atom stereocenters. The van der Waals surface area contributed by atoms with E-state index in [1.54, 1.807) is 11.9 Å². The molecular weight excluding hydrogens is 164 g/mol. The molecule has 0 bridgehead atoms. The largest absolute Gasteiger partial charge is 0.375 e. The zero-order valence-corrected chi connectivity index (χ0v) is 6.81. The Labute approximate surface area is 72.5 Å². The molecule has 1 atom stereocenters. The highest BCUT2D eigenvalue weighted by Crippen LogP contribution is 2.28. The molecule has 0 spiro atoms. The Morgan fingerprint density at radius 3 is 2.50 bits per heavy atom. The topological polar surface area (TPSA) is 12.5 Å². The van der Waals surface area contributed by atoms with Crippen molar-refractivity contribution in [2.24, 2.45) is 0 Å². The Hall–Kier alpha value is -0.220. The molecule has 1 heterocycles. The van der Waals surface area contributed by atoms with Crippen LogP contribution in [0.4, 0.5) is 8.78 Å². The first-order chi connectivity index (χ1) is 5.06. The average molecular weight is 181 g/mol. The Kier molecular flexibility index (Phi) is 4.06. The third kappa shape index (κ3) is 2.38. The maximum atomic E-state index is 13.0. The van der Waals surface area contributed by atoms with Crippen LogP contribution in [-0.4, -0.2) is 44.2 Å². The van der Waals surface area contributed by atoms with E-state index in [2.05, 4.69) is 4.74 Å². The van der Waals surface area contributed by atoms with Crippen LogP contribution in [0.1, 0.15) is 13.8 Å². The summed E-state index contributed by atoms with van der Waals surface area (Å²) in [6.45, 7) is 0.500. The Bertz CT molecular complexity index is 141. The monoisotopic (exact) mass is 181 g/mol. The number of alkyl halides is 2. The van der Waals surface area contributed by atoms with E-state index in [-0.39, 0.29) is 14.0 Å². The van der Waals surface area contributed by atoms with Gasteiger partial charge in [0.25, 0.3) is 5.92 Å². The van der Waals surface area contributed by atoms with E-state index in [9.17, 15) is 8.78 Å². The van der Waals surface area contributed by atoms with Crippen LogP contribution in [0, 0.1) is 0 Å². The summed E-state index contributed by atoms with van der Waals surface area (Å²) in [7, 11) is 3.03. The summed E-state index contributed by atoms with van der Waals surface area (Å²) in [4.78, 5) is 1.62. The molecule has 0 aliphatic carbocycles. The van der Waals surface area contributed by atoms with Gasteiger partial charge in [-0.2, -0.15) is 0 Å². The highest BCUT2D eigenvalue weighted by Gasteiger charge is 2.43. The molecule has 2 nitrogen and oxygen atoms in total. The van der Waals surface area contributed by atoms with Gasteiger partial charge in [0.1, 0.15) is 6.10 Å². The summed E-state index contributed by atoms with van der Waals surface area (Å²) < 4.78 is 30.6. The molecular formula is C8H17F2NO. The molecule has 0 radical (unpaired) electrons. The van der Waals surface area contributed by atoms with Crippen molar-refractivity contribution in [1.29, 1.82) is 0 Å². The lowest BCUT2D eigenvalue weighted by Crippen LogP contribution is -2.50. The fourth-order valence-corrected chi connectivity index (χ4v) is 1.38. The first-order valence-electron chi connectivity index (χ1n) is 3.65. The number of ether oxygens (including phenoxy) is 1. The zero-order valence-electron chi connectivity index (χ0n) is 6.81. The van der Waals surface area contributed by atoms with Gasteiger partial charge in [-0.1, -0.05) is 7.43 Å². The molecule has 4 heteroatoms. The minimum atomic E-state index is -2.68. The van der Waals surface area contributed by atoms with Crippen LogP contribution in [0.25, 0.3) is 0 Å². The fourth-order valence-electron chi connectivity index (χ4n) is 1.38. The van der Waals surface area contributed by atoms with Crippen LogP contribution in [0.3, 0.4) is 0 Å². The van der Waals surface area contributed by atoms with Crippen molar-refractivity contribution in [3.63, 3.8) is 0 Å². The van der Waals surface area contributed by atoms with Gasteiger partial charge in [0.15, 0.2) is 0 Å². The van der Waals surface area contributed by atoms with E-state index in [4.69, 9.17) is 0 Å². The highest BCUT2D eigenvalue weighted by atomic mass is 19.3. The minimum Gasteiger partial charge on any atom is -0.375 e. The van der Waals surface area contributed by atoms with Crippen LogP contribution in [0.5, 0.6) is 0 Å². The molecule has 0 aromatic carbocycles. The molecule has 74 valence electrons. The molecule has 1 aliphatic heterocycles. The predicted molar refractivity (Wildman–Crippen MR) is 44.6 cm³/mol. The third-order valence-corrected chi connectivity index (χ3v) is 2.01. The third-order valence-electron chi connectivity index (χ3n) is 2.01. The van der Waals surface area contributed by atoms with Crippen LogP contribution < -0.4 is 0 Å². The second-order valence-corrected chi connectivity index (χ2v) is 3.01. The van der Waals surface area contributed by atoms with Crippen molar-refractivity contribution in [2.75, 3.05) is 27.2 Å². The molecule has 12 heavy (non-hydrogen) atoms. The zero-order chi connectivity index (χ0) is 8.48. The highest BCUT2D eigenvalue weighted by molar-refractivity contribution is 4.85. The molecule has 1 rings (SSSR count). The number of hydrogen-bond acceptors (Lipinski definition) is 2. The minimum absolute atomic E-state index is 0. The second kappa shape index (κ2) is 4.14. The molecule has 0 saturated carbocycles. The number of hydrogen-bond donors (Lipinski definition) is 0. The summed E-state index contributed by atoms with van der Waals surface area (Å²) >= 11 is 0. The van der Waals surface area contributed by atoms with Gasteiger partial charge in [-0.3, -0.25) is 0 Å². The van der Waals surface area contributed by atoms with E-state index in [0.717, 1.165) is 0 Å². The maximum Gasteiger partial charge on any atom is 0.286 e. The van der Waals surface area contributed by atoms with Gasteiger partial charge in [0.05, 0.1) is 6.54 Å². The Morgan fingerprint density at radius 2 is 2.08 bits per heavy atom. The molecule has 0 amide bonds. The van der Waals surface area contributed by atoms with Crippen molar-refractivity contribution in [3.05, 3.63) is 0 Å². The summed E-state index contributed by atoms with van der Waals surface area (Å²) in [5, 5.41) is 0. The lowest BCUT2D eigenvalue weighted by Gasteiger charge is -2.35. The lowest BCUT2D eigenvalue weighted by atomic mass is 10.0. The number of piperidine rings is 1. The molecule has 1 saturated heterocycles. The van der Waals surface area contributed by atoms with Gasteiger partial charge >= 0.3 is 0 Å². The van der Waals surface area contributed by atoms with Gasteiger partial charge < -0.3 is 9.64 Å². The van der Waals surface area contributed by atoms with E-state index >= 15 is 0 Å². The summed E-state index contributed by atoms with van der Waals surface area (Å²) in [6.07, 6.45) is -0.473. The first kappa shape index (κ1) is 11.8. The number of nitrogens with zero attached hydrogens (tertiary/aromatic N) is 1. The van der Waals surface area contributed by atoms with Gasteiger partial charge in [0, 0.05) is 13.7 Å². The van der Waals surface area contributed by atoms with E-state index in [1.165, 1.54) is 7.11 Å². The number of halogens is 2. The predicted octanol–water partition coefficient (Wildman–Crippen LogP) is 1.61. The molecule has 0 N–H and O–H groups in total. The normalized spacial score (nSPS) is 29.5. The second-order valence-electron chi connectivity index (χ2n) is 3.01. The van der Waals surface area contributed by atoms with Gasteiger partial charge in [0.2, 0.25) is 0 Å². The summed E-state index contributed by atoms with van der Waals surface area (Å²) in [5.74, 6) is -2.68. The van der Waals surface area contributed by atoms with Crippen LogP contribution in [0.2, 0.25) is 0 Å². The first-order valence-corrected chi connectivity index (χ1v) is 3.65. The average Bonchev–Trinajstić information content (AvgIpc) is 1.85. The van der Waals surface area contributed by atoms with Crippen molar-refractivity contribution in [3.8, 4) is 0 Å². The van der Waals surface area contributed by atoms with Gasteiger partial charge in [-0.15, -0.1) is 0 Å². The van der Waals surface area contributed by atoms with Crippen molar-refractivity contribution in [1.82, 2.24) is 4.90 Å². The van der Waals surface area contributed by atoms with E-state index in [0.29, 0.717) is 13.0 Å². The number of likely N-dealkylation sites (tertiary alicyclic amines) is 1. The summed E-state index contributed by atoms with van der Waals surface area (Å²) in [5.41, 5.74) is 0. The number of rotatable bonds is 1. The quantitative estimate of drug-likeness (QED) is 0.609. The van der Waals surface area contributed by atoms with Gasteiger partial charge in [-0.25, -0.2) is 8.78 Å². The fraction of sp³-hybridized carbons (Fsp3) is 1.00. The van der Waals surface area contributed by atoms with E-state index in [1.807, 2.05) is 0 Å². The SMILES string of the molecule is C.COC1CCN(C)CC1(F)F.